The zero-order chi connectivity index (χ0) is 11.4. The quantitative estimate of drug-likeness (QED) is 0.650. The zero-order valence-corrected chi connectivity index (χ0v) is 12.3. The van der Waals surface area contributed by atoms with Crippen molar-refractivity contribution in [1.29, 1.82) is 0 Å². The minimum Gasteiger partial charge on any atom is -0.348 e. The Labute approximate surface area is 113 Å². The summed E-state index contributed by atoms with van der Waals surface area (Å²) in [7, 11) is 0. The topological polar surface area (TPSA) is 29.1 Å². The van der Waals surface area contributed by atoms with E-state index in [-0.39, 0.29) is 11.9 Å². The zero-order valence-electron chi connectivity index (χ0n) is 8.59. The van der Waals surface area contributed by atoms with Gasteiger partial charge in [-0.1, -0.05) is 13.8 Å². The van der Waals surface area contributed by atoms with E-state index in [0.29, 0.717) is 11.8 Å². The van der Waals surface area contributed by atoms with E-state index in [4.69, 9.17) is 11.6 Å². The number of hydrogen-bond donors (Lipinski definition) is 1. The average molecular weight is 358 g/mol. The lowest BCUT2D eigenvalue weighted by Gasteiger charge is -2.19. The summed E-state index contributed by atoms with van der Waals surface area (Å²) in [6.45, 7) is 4.09. The smallest absolute Gasteiger partial charge is 0.252 e. The van der Waals surface area contributed by atoms with Crippen molar-refractivity contribution in [2.24, 2.45) is 5.92 Å². The maximum atomic E-state index is 11.8. The van der Waals surface area contributed by atoms with Crippen molar-refractivity contribution < 1.29 is 4.79 Å². The fourth-order valence-electron chi connectivity index (χ4n) is 1.06. The molecule has 0 saturated carbocycles. The molecule has 1 atom stereocenters. The van der Waals surface area contributed by atoms with Gasteiger partial charge in [0.15, 0.2) is 0 Å². The summed E-state index contributed by atoms with van der Waals surface area (Å²) in [6, 6.07) is 1.92. The molecule has 0 saturated heterocycles. The predicted molar refractivity (Wildman–Crippen MR) is 73.8 cm³/mol. The molecular weight excluding hydrogens is 345 g/mol. The number of carbonyl (C=O) groups excluding carboxylic acids is 1. The lowest BCUT2D eigenvalue weighted by atomic mass is 10.1. The second-order valence-corrected chi connectivity index (χ2v) is 6.73. The number of halogens is 2. The molecule has 1 aromatic rings. The molecule has 1 aromatic heterocycles. The molecule has 1 amide bonds. The third-order valence-electron chi connectivity index (χ3n) is 2.12. The lowest BCUT2D eigenvalue weighted by molar-refractivity contribution is 0.0931. The minimum absolute atomic E-state index is 0.0338. The first-order chi connectivity index (χ1) is 7.04. The van der Waals surface area contributed by atoms with Gasteiger partial charge in [0.25, 0.3) is 5.91 Å². The van der Waals surface area contributed by atoms with Crippen molar-refractivity contribution in [3.63, 3.8) is 0 Å². The van der Waals surface area contributed by atoms with Crippen LogP contribution in [0.5, 0.6) is 0 Å². The van der Waals surface area contributed by atoms with E-state index < -0.39 is 0 Å². The summed E-state index contributed by atoms with van der Waals surface area (Å²) >= 11 is 9.56. The Bertz CT molecular complexity index is 340. The standard InChI is InChI=1S/C10H13ClINOS/c1-6(2)8(4-11)13-10(14)7-3-9(12)15-5-7/h3,5-6,8H,4H2,1-2H3,(H,13,14). The SMILES string of the molecule is CC(C)C(CCl)NC(=O)c1csc(I)c1. The minimum atomic E-state index is -0.0338. The normalized spacial score (nSPS) is 12.9. The van der Waals surface area contributed by atoms with E-state index in [0.717, 1.165) is 8.45 Å². The molecule has 1 unspecified atom stereocenters. The van der Waals surface area contributed by atoms with Crippen molar-refractivity contribution in [3.05, 3.63) is 19.9 Å². The van der Waals surface area contributed by atoms with Gasteiger partial charge in [0.2, 0.25) is 0 Å². The largest absolute Gasteiger partial charge is 0.348 e. The van der Waals surface area contributed by atoms with E-state index in [1.54, 1.807) is 11.3 Å². The molecule has 0 fully saturated rings. The fraction of sp³-hybridized carbons (Fsp3) is 0.500. The van der Waals surface area contributed by atoms with Crippen molar-refractivity contribution >= 4 is 51.4 Å². The van der Waals surface area contributed by atoms with Gasteiger partial charge in [0.05, 0.1) is 8.45 Å². The summed E-state index contributed by atoms with van der Waals surface area (Å²) in [5, 5.41) is 4.79. The van der Waals surface area contributed by atoms with Gasteiger partial charge < -0.3 is 5.32 Å². The van der Waals surface area contributed by atoms with Crippen LogP contribution in [0.15, 0.2) is 11.4 Å². The van der Waals surface area contributed by atoms with Gasteiger partial charge in [-0.2, -0.15) is 0 Å². The molecule has 0 radical (unpaired) electrons. The van der Waals surface area contributed by atoms with Crippen LogP contribution in [0.2, 0.25) is 0 Å². The van der Waals surface area contributed by atoms with E-state index in [2.05, 4.69) is 27.9 Å². The summed E-state index contributed by atoms with van der Waals surface area (Å²) in [6.07, 6.45) is 0. The van der Waals surface area contributed by atoms with E-state index in [9.17, 15) is 4.79 Å². The van der Waals surface area contributed by atoms with Gasteiger partial charge in [0, 0.05) is 17.3 Å². The lowest BCUT2D eigenvalue weighted by Crippen LogP contribution is -2.39. The Morgan fingerprint density at radius 3 is 2.73 bits per heavy atom. The van der Waals surface area contributed by atoms with Crippen LogP contribution in [-0.2, 0) is 0 Å². The van der Waals surface area contributed by atoms with E-state index in [1.807, 2.05) is 25.3 Å². The highest BCUT2D eigenvalue weighted by Gasteiger charge is 2.16. The summed E-state index contributed by atoms with van der Waals surface area (Å²) in [5.74, 6) is 0.766. The molecule has 84 valence electrons. The first-order valence-corrected chi connectivity index (χ1v) is 7.14. The molecule has 1 heterocycles. The third kappa shape index (κ3) is 3.92. The number of nitrogens with one attached hydrogen (secondary N) is 1. The number of hydrogen-bond acceptors (Lipinski definition) is 2. The first-order valence-electron chi connectivity index (χ1n) is 4.65. The molecule has 5 heteroatoms. The van der Waals surface area contributed by atoms with Crippen LogP contribution in [0.25, 0.3) is 0 Å². The monoisotopic (exact) mass is 357 g/mol. The Morgan fingerprint density at radius 1 is 1.67 bits per heavy atom. The van der Waals surface area contributed by atoms with Gasteiger partial charge in [0.1, 0.15) is 0 Å². The van der Waals surface area contributed by atoms with Crippen LogP contribution in [0, 0.1) is 8.80 Å². The van der Waals surface area contributed by atoms with Crippen LogP contribution in [0.4, 0.5) is 0 Å². The van der Waals surface area contributed by atoms with Gasteiger partial charge in [-0.25, -0.2) is 0 Å². The molecule has 0 aromatic carbocycles. The molecule has 0 spiro atoms. The predicted octanol–water partition coefficient (Wildman–Crippen LogP) is 3.35. The van der Waals surface area contributed by atoms with Crippen molar-refractivity contribution in [2.75, 3.05) is 5.88 Å². The molecule has 15 heavy (non-hydrogen) atoms. The van der Waals surface area contributed by atoms with E-state index in [1.165, 1.54) is 0 Å². The van der Waals surface area contributed by atoms with Gasteiger partial charge in [-0.15, -0.1) is 22.9 Å². The van der Waals surface area contributed by atoms with Crippen LogP contribution >= 0.6 is 45.5 Å². The second-order valence-electron chi connectivity index (χ2n) is 3.62. The number of rotatable bonds is 4. The molecule has 0 aliphatic heterocycles. The molecular formula is C10H13ClINOS. The van der Waals surface area contributed by atoms with Crippen molar-refractivity contribution in [3.8, 4) is 0 Å². The molecule has 0 aliphatic carbocycles. The maximum Gasteiger partial charge on any atom is 0.252 e. The van der Waals surface area contributed by atoms with Crippen LogP contribution in [0.3, 0.4) is 0 Å². The summed E-state index contributed by atoms with van der Waals surface area (Å²) < 4.78 is 1.12. The van der Waals surface area contributed by atoms with Gasteiger partial charge in [-0.3, -0.25) is 4.79 Å². The van der Waals surface area contributed by atoms with Crippen molar-refractivity contribution in [1.82, 2.24) is 5.32 Å². The van der Waals surface area contributed by atoms with Gasteiger partial charge >= 0.3 is 0 Å². The highest BCUT2D eigenvalue weighted by molar-refractivity contribution is 14.1. The summed E-state index contributed by atoms with van der Waals surface area (Å²) in [5.41, 5.74) is 0.722. The number of carbonyl (C=O) groups is 1. The highest BCUT2D eigenvalue weighted by atomic mass is 127. The Hall–Kier alpha value is 0.190. The average Bonchev–Trinajstić information content (AvgIpc) is 2.60. The van der Waals surface area contributed by atoms with Crippen LogP contribution in [0.1, 0.15) is 24.2 Å². The third-order valence-corrected chi connectivity index (χ3v) is 4.24. The molecule has 0 bridgehead atoms. The van der Waals surface area contributed by atoms with E-state index >= 15 is 0 Å². The molecule has 1 N–H and O–H groups in total. The Balaban J connectivity index is 2.62. The van der Waals surface area contributed by atoms with Gasteiger partial charge in [-0.05, 0) is 34.6 Å². The van der Waals surface area contributed by atoms with Crippen molar-refractivity contribution in [2.45, 2.75) is 19.9 Å². The Kier molecular flexibility index (Phi) is 5.35. The highest BCUT2D eigenvalue weighted by Crippen LogP contribution is 2.17. The summed E-state index contributed by atoms with van der Waals surface area (Å²) in [4.78, 5) is 11.8. The maximum absolute atomic E-state index is 11.8. The molecule has 2 nitrogen and oxygen atoms in total. The molecule has 1 rings (SSSR count). The number of alkyl halides is 1. The van der Waals surface area contributed by atoms with Crippen LogP contribution < -0.4 is 5.32 Å². The second kappa shape index (κ2) is 6.06. The fourth-order valence-corrected chi connectivity index (χ4v) is 2.82. The first kappa shape index (κ1) is 13.3. The Morgan fingerprint density at radius 2 is 2.33 bits per heavy atom. The molecule has 0 aliphatic rings. The number of thiophene rings is 1. The van der Waals surface area contributed by atoms with Crippen LogP contribution in [-0.4, -0.2) is 17.8 Å². The number of amides is 1.